The SMILES string of the molecule is Cn1c(=O)n(C2CCC(=O)NC2=O)c2cccc(NC(=O)c3ccc(CN4CCCCC4)cc3)c21. The monoisotopic (exact) mass is 475 g/mol. The number of benzene rings is 2. The molecule has 0 saturated carbocycles. The predicted octanol–water partition coefficient (Wildman–Crippen LogP) is 2.56. The van der Waals surface area contributed by atoms with E-state index in [2.05, 4.69) is 15.5 Å². The number of aromatic nitrogens is 2. The number of fused-ring (bicyclic) bond motifs is 1. The molecule has 2 saturated heterocycles. The maximum Gasteiger partial charge on any atom is 0.329 e. The van der Waals surface area contributed by atoms with Crippen LogP contribution >= 0.6 is 0 Å². The first-order valence-electron chi connectivity index (χ1n) is 12.1. The van der Waals surface area contributed by atoms with E-state index in [1.807, 2.05) is 24.3 Å². The summed E-state index contributed by atoms with van der Waals surface area (Å²) in [7, 11) is 1.61. The van der Waals surface area contributed by atoms with Gasteiger partial charge in [0.25, 0.3) is 5.91 Å². The zero-order valence-corrected chi connectivity index (χ0v) is 19.8. The molecule has 1 atom stereocenters. The lowest BCUT2D eigenvalue weighted by Crippen LogP contribution is -2.44. The van der Waals surface area contributed by atoms with E-state index < -0.39 is 11.9 Å². The summed E-state index contributed by atoms with van der Waals surface area (Å²) in [6.07, 6.45) is 4.19. The van der Waals surface area contributed by atoms with Gasteiger partial charge in [-0.1, -0.05) is 24.6 Å². The molecule has 9 heteroatoms. The number of hydrogen-bond acceptors (Lipinski definition) is 5. The van der Waals surface area contributed by atoms with Crippen LogP contribution in [0.15, 0.2) is 47.3 Å². The van der Waals surface area contributed by atoms with E-state index in [0.29, 0.717) is 22.3 Å². The fourth-order valence-corrected chi connectivity index (χ4v) is 5.10. The molecule has 3 aromatic rings. The van der Waals surface area contributed by atoms with Crippen molar-refractivity contribution in [2.45, 2.75) is 44.7 Å². The lowest BCUT2D eigenvalue weighted by molar-refractivity contribution is -0.135. The van der Waals surface area contributed by atoms with Crippen molar-refractivity contribution in [2.24, 2.45) is 7.05 Å². The van der Waals surface area contributed by atoms with Gasteiger partial charge < -0.3 is 5.32 Å². The number of imide groups is 1. The number of imidazole rings is 1. The third kappa shape index (κ3) is 4.51. The quantitative estimate of drug-likeness (QED) is 0.552. The van der Waals surface area contributed by atoms with E-state index in [-0.39, 0.29) is 30.3 Å². The van der Waals surface area contributed by atoms with Crippen molar-refractivity contribution in [1.82, 2.24) is 19.4 Å². The number of carbonyl (C=O) groups is 3. The van der Waals surface area contributed by atoms with Crippen LogP contribution in [-0.2, 0) is 23.2 Å². The second kappa shape index (κ2) is 9.50. The first kappa shape index (κ1) is 23.0. The zero-order chi connectivity index (χ0) is 24.5. The average molecular weight is 476 g/mol. The lowest BCUT2D eigenvalue weighted by atomic mass is 10.1. The number of piperidine rings is 2. The topological polar surface area (TPSA) is 105 Å². The molecule has 0 bridgehead atoms. The second-order valence-corrected chi connectivity index (χ2v) is 9.34. The Morgan fingerprint density at radius 1 is 1.03 bits per heavy atom. The Hall–Kier alpha value is -3.72. The molecule has 9 nitrogen and oxygen atoms in total. The van der Waals surface area contributed by atoms with E-state index in [1.165, 1.54) is 34.0 Å². The van der Waals surface area contributed by atoms with Gasteiger partial charge >= 0.3 is 5.69 Å². The number of likely N-dealkylation sites (tertiary alicyclic amines) is 1. The zero-order valence-electron chi connectivity index (χ0n) is 19.8. The summed E-state index contributed by atoms with van der Waals surface area (Å²) in [6, 6.07) is 12.1. The molecule has 1 aromatic heterocycles. The Morgan fingerprint density at radius 3 is 2.49 bits per heavy atom. The van der Waals surface area contributed by atoms with Crippen molar-refractivity contribution in [2.75, 3.05) is 18.4 Å². The largest absolute Gasteiger partial charge is 0.329 e. The van der Waals surface area contributed by atoms with E-state index in [9.17, 15) is 19.2 Å². The molecule has 0 aliphatic carbocycles. The van der Waals surface area contributed by atoms with Crippen molar-refractivity contribution < 1.29 is 14.4 Å². The van der Waals surface area contributed by atoms with E-state index >= 15 is 0 Å². The average Bonchev–Trinajstić information content (AvgIpc) is 3.11. The predicted molar refractivity (Wildman–Crippen MR) is 132 cm³/mol. The smallest absolute Gasteiger partial charge is 0.320 e. The van der Waals surface area contributed by atoms with Gasteiger partial charge in [0.1, 0.15) is 6.04 Å². The minimum Gasteiger partial charge on any atom is -0.320 e. The molecule has 3 heterocycles. The van der Waals surface area contributed by atoms with Gasteiger partial charge in [-0.15, -0.1) is 0 Å². The lowest BCUT2D eigenvalue weighted by Gasteiger charge is -2.26. The minimum absolute atomic E-state index is 0.170. The van der Waals surface area contributed by atoms with Crippen LogP contribution in [-0.4, -0.2) is 44.8 Å². The van der Waals surface area contributed by atoms with Crippen molar-refractivity contribution in [1.29, 1.82) is 0 Å². The Bertz CT molecular complexity index is 1350. The van der Waals surface area contributed by atoms with Crippen LogP contribution in [0.1, 0.15) is 54.1 Å². The van der Waals surface area contributed by atoms with Crippen molar-refractivity contribution in [3.8, 4) is 0 Å². The number of amides is 3. The van der Waals surface area contributed by atoms with Gasteiger partial charge in [-0.2, -0.15) is 0 Å². The number of para-hydroxylation sites is 1. The molecule has 182 valence electrons. The highest BCUT2D eigenvalue weighted by Crippen LogP contribution is 2.27. The highest BCUT2D eigenvalue weighted by Gasteiger charge is 2.31. The molecule has 0 spiro atoms. The summed E-state index contributed by atoms with van der Waals surface area (Å²) >= 11 is 0. The minimum atomic E-state index is -0.776. The summed E-state index contributed by atoms with van der Waals surface area (Å²) < 4.78 is 2.83. The van der Waals surface area contributed by atoms with Crippen LogP contribution in [0.25, 0.3) is 11.0 Å². The van der Waals surface area contributed by atoms with Gasteiger partial charge in [0, 0.05) is 25.6 Å². The van der Waals surface area contributed by atoms with Crippen molar-refractivity contribution >= 4 is 34.4 Å². The molecule has 2 aliphatic heterocycles. The fraction of sp³-hybridized carbons (Fsp3) is 0.385. The number of rotatable bonds is 5. The maximum absolute atomic E-state index is 13.1. The Balaban J connectivity index is 1.38. The van der Waals surface area contributed by atoms with Crippen LogP contribution in [0.3, 0.4) is 0 Å². The van der Waals surface area contributed by atoms with Gasteiger partial charge in [-0.05, 0) is 62.2 Å². The van der Waals surface area contributed by atoms with Crippen LogP contribution in [0.5, 0.6) is 0 Å². The van der Waals surface area contributed by atoms with Gasteiger partial charge in [-0.3, -0.25) is 33.7 Å². The van der Waals surface area contributed by atoms with Gasteiger partial charge in [0.2, 0.25) is 11.8 Å². The molecule has 0 radical (unpaired) electrons. The van der Waals surface area contributed by atoms with Crippen LogP contribution in [0, 0.1) is 0 Å². The van der Waals surface area contributed by atoms with Gasteiger partial charge in [0.05, 0.1) is 16.7 Å². The number of hydrogen-bond donors (Lipinski definition) is 2. The highest BCUT2D eigenvalue weighted by atomic mass is 16.2. The molecular formula is C26H29N5O4. The van der Waals surface area contributed by atoms with Crippen molar-refractivity contribution in [3.05, 3.63) is 64.1 Å². The summed E-state index contributed by atoms with van der Waals surface area (Å²) in [5.74, 6) is -1.10. The molecule has 1 unspecified atom stereocenters. The molecule has 2 aliphatic rings. The molecule has 3 amide bonds. The van der Waals surface area contributed by atoms with Gasteiger partial charge in [0.15, 0.2) is 0 Å². The Morgan fingerprint density at radius 2 is 1.77 bits per heavy atom. The molecule has 2 N–H and O–H groups in total. The first-order valence-corrected chi connectivity index (χ1v) is 12.1. The number of aryl methyl sites for hydroxylation is 1. The number of nitrogens with zero attached hydrogens (tertiary/aromatic N) is 3. The Labute approximate surface area is 202 Å². The van der Waals surface area contributed by atoms with Gasteiger partial charge in [-0.25, -0.2) is 4.79 Å². The molecule has 5 rings (SSSR count). The van der Waals surface area contributed by atoms with Crippen molar-refractivity contribution in [3.63, 3.8) is 0 Å². The van der Waals surface area contributed by atoms with E-state index in [0.717, 1.165) is 19.6 Å². The third-order valence-electron chi connectivity index (χ3n) is 6.94. The number of nitrogens with one attached hydrogen (secondary N) is 2. The normalized spacial score (nSPS) is 19.1. The Kier molecular flexibility index (Phi) is 6.25. The summed E-state index contributed by atoms with van der Waals surface area (Å²) in [5.41, 5.74) is 2.86. The number of carbonyl (C=O) groups excluding carboxylic acids is 3. The fourth-order valence-electron chi connectivity index (χ4n) is 5.10. The van der Waals surface area contributed by atoms with Crippen LogP contribution in [0.2, 0.25) is 0 Å². The molecular weight excluding hydrogens is 446 g/mol. The number of anilines is 1. The first-order chi connectivity index (χ1) is 16.9. The summed E-state index contributed by atoms with van der Waals surface area (Å²) in [5, 5.41) is 5.24. The standard InChI is InChI=1S/C26H29N5O4/c1-29-23-19(6-5-7-20(23)31(26(29)35)21-12-13-22(32)28-25(21)34)27-24(33)18-10-8-17(9-11-18)16-30-14-3-2-4-15-30/h5-11,21H,2-4,12-16H2,1H3,(H,27,33)(H,28,32,34). The highest BCUT2D eigenvalue weighted by molar-refractivity contribution is 6.08. The summed E-state index contributed by atoms with van der Waals surface area (Å²) in [6.45, 7) is 3.12. The maximum atomic E-state index is 13.1. The van der Waals surface area contributed by atoms with E-state index in [1.54, 1.807) is 25.2 Å². The second-order valence-electron chi connectivity index (χ2n) is 9.34. The molecule has 35 heavy (non-hydrogen) atoms. The molecule has 2 aromatic carbocycles. The third-order valence-corrected chi connectivity index (χ3v) is 6.94. The summed E-state index contributed by atoms with van der Waals surface area (Å²) in [4.78, 5) is 52.5. The van der Waals surface area contributed by atoms with Crippen LogP contribution in [0.4, 0.5) is 5.69 Å². The molecule has 2 fully saturated rings. The van der Waals surface area contributed by atoms with Crippen LogP contribution < -0.4 is 16.3 Å². The van der Waals surface area contributed by atoms with E-state index in [4.69, 9.17) is 0 Å².